The average molecular weight is 349 g/mol. The fourth-order valence-electron chi connectivity index (χ4n) is 3.02. The Morgan fingerprint density at radius 3 is 2.42 bits per heavy atom. The van der Waals surface area contributed by atoms with Crippen LogP contribution in [0.15, 0.2) is 63.8 Å². The van der Waals surface area contributed by atoms with Crippen molar-refractivity contribution in [2.75, 3.05) is 0 Å². The topological polar surface area (TPSA) is 59.3 Å². The lowest BCUT2D eigenvalue weighted by Gasteiger charge is -2.23. The van der Waals surface area contributed by atoms with E-state index < -0.39 is 0 Å². The van der Waals surface area contributed by atoms with Crippen molar-refractivity contribution in [3.05, 3.63) is 81.7 Å². The SMILES string of the molecule is CCc1ccc(C(NC(=O)c2cc(=O)c3ccccc3o2)C(C)C)cc1. The molecule has 4 heteroatoms. The summed E-state index contributed by atoms with van der Waals surface area (Å²) in [4.78, 5) is 24.9. The van der Waals surface area contributed by atoms with E-state index in [4.69, 9.17) is 4.42 Å². The molecule has 26 heavy (non-hydrogen) atoms. The molecule has 0 aliphatic rings. The first-order valence-corrected chi connectivity index (χ1v) is 8.92. The molecule has 1 aromatic heterocycles. The normalized spacial score (nSPS) is 12.3. The van der Waals surface area contributed by atoms with Gasteiger partial charge >= 0.3 is 0 Å². The van der Waals surface area contributed by atoms with Gasteiger partial charge in [-0.1, -0.05) is 57.2 Å². The molecule has 1 heterocycles. The maximum atomic E-state index is 12.7. The minimum atomic E-state index is -0.383. The molecule has 0 saturated heterocycles. The van der Waals surface area contributed by atoms with Crippen LogP contribution >= 0.6 is 0 Å². The van der Waals surface area contributed by atoms with Gasteiger partial charge in [0.15, 0.2) is 11.2 Å². The Hall–Kier alpha value is -2.88. The van der Waals surface area contributed by atoms with E-state index in [9.17, 15) is 9.59 Å². The van der Waals surface area contributed by atoms with Gasteiger partial charge in [-0.3, -0.25) is 9.59 Å². The molecule has 134 valence electrons. The lowest BCUT2D eigenvalue weighted by molar-refractivity contribution is 0.0898. The first kappa shape index (κ1) is 17.9. The van der Waals surface area contributed by atoms with Gasteiger partial charge in [-0.05, 0) is 35.6 Å². The highest BCUT2D eigenvalue weighted by atomic mass is 16.3. The minimum Gasteiger partial charge on any atom is -0.451 e. The summed E-state index contributed by atoms with van der Waals surface area (Å²) in [6.07, 6.45) is 0.973. The van der Waals surface area contributed by atoms with Crippen molar-refractivity contribution in [2.45, 2.75) is 33.2 Å². The van der Waals surface area contributed by atoms with Crippen LogP contribution < -0.4 is 10.7 Å². The van der Waals surface area contributed by atoms with Crippen molar-refractivity contribution in [1.82, 2.24) is 5.32 Å². The third kappa shape index (κ3) is 3.69. The molecule has 0 saturated carbocycles. The van der Waals surface area contributed by atoms with Gasteiger partial charge in [0.25, 0.3) is 5.91 Å². The third-order valence-electron chi connectivity index (χ3n) is 4.56. The van der Waals surface area contributed by atoms with E-state index in [-0.39, 0.29) is 29.1 Å². The summed E-state index contributed by atoms with van der Waals surface area (Å²) < 4.78 is 5.65. The summed E-state index contributed by atoms with van der Waals surface area (Å²) in [5.74, 6) is -0.158. The number of rotatable bonds is 5. The zero-order valence-corrected chi connectivity index (χ0v) is 15.3. The van der Waals surface area contributed by atoms with Gasteiger partial charge in [0, 0.05) is 6.07 Å². The first-order chi connectivity index (χ1) is 12.5. The Morgan fingerprint density at radius 1 is 1.08 bits per heavy atom. The minimum absolute atomic E-state index is 0.0320. The van der Waals surface area contributed by atoms with Gasteiger partial charge in [0.05, 0.1) is 11.4 Å². The highest BCUT2D eigenvalue weighted by Crippen LogP contribution is 2.23. The van der Waals surface area contributed by atoms with Gasteiger partial charge in [-0.2, -0.15) is 0 Å². The van der Waals surface area contributed by atoms with Crippen molar-refractivity contribution < 1.29 is 9.21 Å². The second-order valence-corrected chi connectivity index (χ2v) is 6.76. The molecule has 4 nitrogen and oxygen atoms in total. The summed E-state index contributed by atoms with van der Waals surface area (Å²) in [6, 6.07) is 16.3. The van der Waals surface area contributed by atoms with Crippen LogP contribution in [-0.4, -0.2) is 5.91 Å². The van der Waals surface area contributed by atoms with Crippen LogP contribution in [0, 0.1) is 5.92 Å². The lowest BCUT2D eigenvalue weighted by atomic mass is 9.94. The number of carbonyl (C=O) groups excluding carboxylic acids is 1. The molecule has 1 unspecified atom stereocenters. The summed E-state index contributed by atoms with van der Waals surface area (Å²) >= 11 is 0. The smallest absolute Gasteiger partial charge is 0.287 e. The molecule has 3 aromatic rings. The Kier molecular flexibility index (Phi) is 5.21. The van der Waals surface area contributed by atoms with Crippen LogP contribution in [0.5, 0.6) is 0 Å². The summed E-state index contributed by atoms with van der Waals surface area (Å²) in [6.45, 7) is 6.21. The van der Waals surface area contributed by atoms with Crippen LogP contribution in [-0.2, 0) is 6.42 Å². The number of benzene rings is 2. The van der Waals surface area contributed by atoms with E-state index in [1.807, 2.05) is 12.1 Å². The molecule has 2 aromatic carbocycles. The van der Waals surface area contributed by atoms with E-state index in [1.54, 1.807) is 24.3 Å². The average Bonchev–Trinajstić information content (AvgIpc) is 2.65. The number of amides is 1. The molecule has 0 aliphatic heterocycles. The Morgan fingerprint density at radius 2 is 1.77 bits per heavy atom. The fourth-order valence-corrected chi connectivity index (χ4v) is 3.02. The highest BCUT2D eigenvalue weighted by molar-refractivity contribution is 5.93. The molecular weight excluding hydrogens is 326 g/mol. The Labute approximate surface area is 152 Å². The first-order valence-electron chi connectivity index (χ1n) is 8.92. The largest absolute Gasteiger partial charge is 0.451 e. The van der Waals surface area contributed by atoms with Gasteiger partial charge in [0.1, 0.15) is 5.58 Å². The predicted molar refractivity (Wildman–Crippen MR) is 103 cm³/mol. The van der Waals surface area contributed by atoms with E-state index in [2.05, 4.69) is 38.2 Å². The van der Waals surface area contributed by atoms with Crippen molar-refractivity contribution in [1.29, 1.82) is 0 Å². The Balaban J connectivity index is 1.89. The fraction of sp³-hybridized carbons (Fsp3) is 0.273. The number of nitrogens with one attached hydrogen (secondary N) is 1. The number of hydrogen-bond acceptors (Lipinski definition) is 3. The van der Waals surface area contributed by atoms with Gasteiger partial charge in [-0.25, -0.2) is 0 Å². The molecule has 0 bridgehead atoms. The van der Waals surface area contributed by atoms with E-state index in [0.29, 0.717) is 11.0 Å². The molecule has 1 atom stereocenters. The van der Waals surface area contributed by atoms with Gasteiger partial charge in [0.2, 0.25) is 0 Å². The summed E-state index contributed by atoms with van der Waals surface area (Å²) in [5.41, 5.74) is 2.49. The van der Waals surface area contributed by atoms with Crippen LogP contribution in [0.25, 0.3) is 11.0 Å². The lowest BCUT2D eigenvalue weighted by Crippen LogP contribution is -2.32. The van der Waals surface area contributed by atoms with Gasteiger partial charge < -0.3 is 9.73 Å². The predicted octanol–water partition coefficient (Wildman–Crippen LogP) is 4.48. The van der Waals surface area contributed by atoms with Crippen LogP contribution in [0.3, 0.4) is 0 Å². The number of aryl methyl sites for hydroxylation is 1. The molecule has 0 spiro atoms. The van der Waals surface area contributed by atoms with Crippen molar-refractivity contribution in [3.8, 4) is 0 Å². The number of hydrogen-bond donors (Lipinski definition) is 1. The number of fused-ring (bicyclic) bond motifs is 1. The van der Waals surface area contributed by atoms with E-state index >= 15 is 0 Å². The summed E-state index contributed by atoms with van der Waals surface area (Å²) in [5, 5.41) is 3.48. The second kappa shape index (κ2) is 7.56. The molecule has 1 amide bonds. The number of para-hydroxylation sites is 1. The second-order valence-electron chi connectivity index (χ2n) is 6.76. The molecule has 3 rings (SSSR count). The van der Waals surface area contributed by atoms with Crippen molar-refractivity contribution >= 4 is 16.9 Å². The van der Waals surface area contributed by atoms with Crippen LogP contribution in [0.2, 0.25) is 0 Å². The quantitative estimate of drug-likeness (QED) is 0.739. The van der Waals surface area contributed by atoms with Crippen molar-refractivity contribution in [2.24, 2.45) is 5.92 Å². The zero-order chi connectivity index (χ0) is 18.7. The monoisotopic (exact) mass is 349 g/mol. The van der Waals surface area contributed by atoms with Gasteiger partial charge in [-0.15, -0.1) is 0 Å². The van der Waals surface area contributed by atoms with E-state index in [0.717, 1.165) is 12.0 Å². The molecular formula is C22H23NO3. The van der Waals surface area contributed by atoms with E-state index in [1.165, 1.54) is 11.6 Å². The molecule has 1 N–H and O–H groups in total. The zero-order valence-electron chi connectivity index (χ0n) is 15.3. The molecule has 0 aliphatic carbocycles. The third-order valence-corrected chi connectivity index (χ3v) is 4.56. The summed E-state index contributed by atoms with van der Waals surface area (Å²) in [7, 11) is 0. The number of carbonyl (C=O) groups is 1. The Bertz CT molecular complexity index is 971. The maximum Gasteiger partial charge on any atom is 0.287 e. The van der Waals surface area contributed by atoms with Crippen LogP contribution in [0.1, 0.15) is 48.5 Å². The molecule has 0 radical (unpaired) electrons. The molecule has 0 fully saturated rings. The standard InChI is InChI=1S/C22H23NO3/c1-4-15-9-11-16(12-10-15)21(14(2)3)23-22(25)20-13-18(24)17-7-5-6-8-19(17)26-20/h5-14,21H,4H2,1-3H3,(H,23,25). The highest BCUT2D eigenvalue weighted by Gasteiger charge is 2.21. The van der Waals surface area contributed by atoms with Crippen LogP contribution in [0.4, 0.5) is 0 Å². The van der Waals surface area contributed by atoms with Crippen molar-refractivity contribution in [3.63, 3.8) is 0 Å². The maximum absolute atomic E-state index is 12.7.